The minimum atomic E-state index is -3.51. The van der Waals surface area contributed by atoms with Crippen LogP contribution in [-0.4, -0.2) is 53.3 Å². The van der Waals surface area contributed by atoms with Crippen LogP contribution in [0, 0.1) is 5.41 Å². The highest BCUT2D eigenvalue weighted by atomic mass is 32.2. The third kappa shape index (κ3) is 6.67. The highest BCUT2D eigenvalue weighted by molar-refractivity contribution is 7.89. The van der Waals surface area contributed by atoms with Crippen molar-refractivity contribution in [2.24, 2.45) is 10.6 Å². The van der Waals surface area contributed by atoms with E-state index in [1.54, 1.807) is 0 Å². The van der Waals surface area contributed by atoms with Gasteiger partial charge in [0, 0.05) is 25.2 Å². The normalized spacial score (nSPS) is 21.2. The van der Waals surface area contributed by atoms with E-state index in [4.69, 9.17) is 19.3 Å². The molecule has 1 unspecified atom stereocenters. The molecule has 0 aromatic heterocycles. The molecule has 1 atom stereocenters. The number of primary sulfonamides is 1. The molecule has 0 aromatic carbocycles. The molecule has 1 fully saturated rings. The lowest BCUT2D eigenvalue weighted by atomic mass is 9.83. The molecule has 19 heavy (non-hydrogen) atoms. The van der Waals surface area contributed by atoms with E-state index in [0.29, 0.717) is 45.9 Å². The molecule has 1 aliphatic heterocycles. The van der Waals surface area contributed by atoms with Gasteiger partial charge in [0.05, 0.1) is 25.1 Å². The Balaban J connectivity index is 2.54. The van der Waals surface area contributed by atoms with Gasteiger partial charge in [-0.15, -0.1) is 0 Å². The fraction of sp³-hybridized carbons (Fsp3) is 1.00. The lowest BCUT2D eigenvalue weighted by Gasteiger charge is -2.36. The van der Waals surface area contributed by atoms with Crippen LogP contribution in [0.3, 0.4) is 0 Å². The molecule has 0 spiro atoms. The summed E-state index contributed by atoms with van der Waals surface area (Å²) in [5.74, 6) is -0.0509. The van der Waals surface area contributed by atoms with Crippen LogP contribution in [0.25, 0.3) is 0 Å². The molecule has 1 saturated heterocycles. The van der Waals surface area contributed by atoms with Gasteiger partial charge in [-0.2, -0.15) is 0 Å². The second kappa shape index (κ2) is 7.54. The smallest absolute Gasteiger partial charge is 0.209 e. The van der Waals surface area contributed by atoms with Gasteiger partial charge < -0.3 is 14.2 Å². The van der Waals surface area contributed by atoms with Gasteiger partial charge in [0.15, 0.2) is 0 Å². The molecule has 0 saturated carbocycles. The van der Waals surface area contributed by atoms with Crippen LogP contribution in [0.1, 0.15) is 26.7 Å². The third-order valence-electron chi connectivity index (χ3n) is 3.29. The number of nitrogens with two attached hydrogens (primary N) is 1. The van der Waals surface area contributed by atoms with Crippen molar-refractivity contribution in [3.8, 4) is 0 Å². The largest absolute Gasteiger partial charge is 0.381 e. The average molecular weight is 295 g/mol. The predicted octanol–water partition coefficient (Wildman–Crippen LogP) is 0.513. The van der Waals surface area contributed by atoms with Crippen LogP contribution in [0.5, 0.6) is 0 Å². The van der Waals surface area contributed by atoms with Crippen molar-refractivity contribution in [3.63, 3.8) is 0 Å². The lowest BCUT2D eigenvalue weighted by molar-refractivity contribution is -0.0683. The molecule has 1 aliphatic rings. The lowest BCUT2D eigenvalue weighted by Crippen LogP contribution is -2.42. The van der Waals surface area contributed by atoms with E-state index in [0.717, 1.165) is 0 Å². The first-order chi connectivity index (χ1) is 8.87. The van der Waals surface area contributed by atoms with Gasteiger partial charge in [0.2, 0.25) is 10.0 Å². The average Bonchev–Trinajstić information content (AvgIpc) is 2.33. The zero-order valence-corrected chi connectivity index (χ0v) is 12.6. The topological polar surface area (TPSA) is 87.9 Å². The van der Waals surface area contributed by atoms with E-state index in [1.165, 1.54) is 0 Å². The molecule has 0 aromatic rings. The summed E-state index contributed by atoms with van der Waals surface area (Å²) in [6.45, 7) is 6.48. The highest BCUT2D eigenvalue weighted by Crippen LogP contribution is 2.32. The second-order valence-corrected chi connectivity index (χ2v) is 6.82. The molecule has 7 heteroatoms. The summed E-state index contributed by atoms with van der Waals surface area (Å²) in [6, 6.07) is 0. The standard InChI is InChI=1S/C12H25NO5S/c1-3-16-8-11(2)18-9-12(10-19(13,14)15)4-6-17-7-5-12/h11H,3-10H2,1-2H3,(H2,13,14,15). The fourth-order valence-corrected chi connectivity index (χ4v) is 3.44. The van der Waals surface area contributed by atoms with Crippen molar-refractivity contribution in [2.75, 3.05) is 38.8 Å². The highest BCUT2D eigenvalue weighted by Gasteiger charge is 2.37. The minimum Gasteiger partial charge on any atom is -0.381 e. The molecule has 6 nitrogen and oxygen atoms in total. The van der Waals surface area contributed by atoms with Crippen LogP contribution in [0.15, 0.2) is 0 Å². The number of hydrogen-bond acceptors (Lipinski definition) is 5. The summed E-state index contributed by atoms with van der Waals surface area (Å²) in [7, 11) is -3.51. The van der Waals surface area contributed by atoms with Crippen LogP contribution < -0.4 is 5.14 Å². The van der Waals surface area contributed by atoms with Crippen molar-refractivity contribution < 1.29 is 22.6 Å². The van der Waals surface area contributed by atoms with Gasteiger partial charge in [-0.1, -0.05) is 0 Å². The van der Waals surface area contributed by atoms with E-state index in [2.05, 4.69) is 0 Å². The van der Waals surface area contributed by atoms with Crippen LogP contribution in [-0.2, 0) is 24.2 Å². The Kier molecular flexibility index (Phi) is 6.68. The maximum atomic E-state index is 11.4. The number of ether oxygens (including phenoxy) is 3. The number of sulfonamides is 1. The summed E-state index contributed by atoms with van der Waals surface area (Å²) < 4.78 is 39.1. The Labute approximate surface area is 115 Å². The summed E-state index contributed by atoms with van der Waals surface area (Å²) in [5, 5.41) is 5.19. The van der Waals surface area contributed by atoms with Gasteiger partial charge in [-0.25, -0.2) is 13.6 Å². The van der Waals surface area contributed by atoms with E-state index in [9.17, 15) is 8.42 Å². The van der Waals surface area contributed by atoms with Crippen molar-refractivity contribution in [1.82, 2.24) is 0 Å². The quantitative estimate of drug-likeness (QED) is 0.705. The van der Waals surface area contributed by atoms with Crippen LogP contribution in [0.4, 0.5) is 0 Å². The first-order valence-electron chi connectivity index (χ1n) is 6.64. The molecule has 0 amide bonds. The SMILES string of the molecule is CCOCC(C)OCC1(CS(N)(=O)=O)CCOCC1. The Hall–Kier alpha value is -0.210. The van der Waals surface area contributed by atoms with Crippen molar-refractivity contribution >= 4 is 10.0 Å². The molecule has 2 N–H and O–H groups in total. The molecule has 1 rings (SSSR count). The van der Waals surface area contributed by atoms with Crippen molar-refractivity contribution in [3.05, 3.63) is 0 Å². The van der Waals surface area contributed by atoms with Gasteiger partial charge in [0.1, 0.15) is 0 Å². The van der Waals surface area contributed by atoms with E-state index >= 15 is 0 Å². The van der Waals surface area contributed by atoms with E-state index < -0.39 is 15.4 Å². The first kappa shape index (κ1) is 16.8. The van der Waals surface area contributed by atoms with E-state index in [-0.39, 0.29) is 11.9 Å². The molecule has 0 aliphatic carbocycles. The molecule has 0 bridgehead atoms. The van der Waals surface area contributed by atoms with E-state index in [1.807, 2.05) is 13.8 Å². The predicted molar refractivity (Wildman–Crippen MR) is 72.4 cm³/mol. The summed E-state index contributed by atoms with van der Waals surface area (Å²) >= 11 is 0. The molecule has 0 radical (unpaired) electrons. The van der Waals surface area contributed by atoms with Crippen LogP contribution >= 0.6 is 0 Å². The molecular weight excluding hydrogens is 270 g/mol. The Bertz CT molecular complexity index is 351. The monoisotopic (exact) mass is 295 g/mol. The summed E-state index contributed by atoms with van der Waals surface area (Å²) in [4.78, 5) is 0. The maximum absolute atomic E-state index is 11.4. The zero-order valence-electron chi connectivity index (χ0n) is 11.8. The summed E-state index contributed by atoms with van der Waals surface area (Å²) in [6.07, 6.45) is 1.26. The van der Waals surface area contributed by atoms with Crippen molar-refractivity contribution in [1.29, 1.82) is 0 Å². The Morgan fingerprint density at radius 1 is 1.37 bits per heavy atom. The van der Waals surface area contributed by atoms with Crippen LogP contribution in [0.2, 0.25) is 0 Å². The molecule has 114 valence electrons. The van der Waals surface area contributed by atoms with Gasteiger partial charge in [0.25, 0.3) is 0 Å². The van der Waals surface area contributed by atoms with Gasteiger partial charge >= 0.3 is 0 Å². The number of rotatable bonds is 8. The first-order valence-corrected chi connectivity index (χ1v) is 8.36. The molecule has 1 heterocycles. The van der Waals surface area contributed by atoms with Gasteiger partial charge in [-0.3, -0.25) is 0 Å². The number of hydrogen-bond donors (Lipinski definition) is 1. The Morgan fingerprint density at radius 3 is 2.53 bits per heavy atom. The van der Waals surface area contributed by atoms with Crippen molar-refractivity contribution in [2.45, 2.75) is 32.8 Å². The Morgan fingerprint density at radius 2 is 2.00 bits per heavy atom. The fourth-order valence-electron chi connectivity index (χ4n) is 2.21. The zero-order chi connectivity index (χ0) is 14.4. The van der Waals surface area contributed by atoms with Gasteiger partial charge in [-0.05, 0) is 26.7 Å². The maximum Gasteiger partial charge on any atom is 0.209 e. The summed E-state index contributed by atoms with van der Waals surface area (Å²) in [5.41, 5.74) is -0.424. The minimum absolute atomic E-state index is 0.0509. The molecular formula is C12H25NO5S. The third-order valence-corrected chi connectivity index (χ3v) is 4.31. The second-order valence-electron chi connectivity index (χ2n) is 5.20.